The van der Waals surface area contributed by atoms with Crippen molar-refractivity contribution in [3.63, 3.8) is 0 Å². The van der Waals surface area contributed by atoms with E-state index in [2.05, 4.69) is 5.32 Å². The highest BCUT2D eigenvalue weighted by Crippen LogP contribution is 2.37. The number of nitrogens with two attached hydrogens (primary N) is 1. The lowest BCUT2D eigenvalue weighted by molar-refractivity contribution is -0.126. The van der Waals surface area contributed by atoms with Gasteiger partial charge in [0, 0.05) is 6.54 Å². The summed E-state index contributed by atoms with van der Waals surface area (Å²) in [5.74, 6) is 0.353. The molecule has 3 heteroatoms. The minimum atomic E-state index is -0.671. The predicted octanol–water partition coefficient (Wildman–Crippen LogP) is 1.20. The molecule has 1 unspecified atom stereocenters. The molecule has 0 aromatic carbocycles. The van der Waals surface area contributed by atoms with E-state index in [1.54, 1.807) is 0 Å². The third-order valence-corrected chi connectivity index (χ3v) is 2.69. The van der Waals surface area contributed by atoms with Gasteiger partial charge in [-0.1, -0.05) is 11.6 Å². The summed E-state index contributed by atoms with van der Waals surface area (Å²) in [5.41, 5.74) is 6.48. The quantitative estimate of drug-likeness (QED) is 0.664. The first-order chi connectivity index (χ1) is 6.44. The molecule has 1 saturated carbocycles. The Labute approximate surface area is 85.7 Å². The van der Waals surface area contributed by atoms with Crippen LogP contribution in [0.2, 0.25) is 0 Å². The third kappa shape index (κ3) is 2.84. The monoisotopic (exact) mass is 196 g/mol. The number of nitrogens with one attached hydrogen (secondary N) is 1. The summed E-state index contributed by atoms with van der Waals surface area (Å²) < 4.78 is 0. The van der Waals surface area contributed by atoms with Gasteiger partial charge >= 0.3 is 0 Å². The van der Waals surface area contributed by atoms with Gasteiger partial charge in [-0.05, 0) is 39.5 Å². The van der Waals surface area contributed by atoms with E-state index in [1.165, 1.54) is 5.57 Å². The highest BCUT2D eigenvalue weighted by Gasteiger charge is 2.43. The van der Waals surface area contributed by atoms with Crippen LogP contribution in [0.15, 0.2) is 11.6 Å². The van der Waals surface area contributed by atoms with Crippen molar-refractivity contribution in [1.82, 2.24) is 5.32 Å². The molecule has 1 aliphatic rings. The Morgan fingerprint density at radius 1 is 1.57 bits per heavy atom. The van der Waals surface area contributed by atoms with Crippen LogP contribution in [0.4, 0.5) is 0 Å². The molecule has 0 bridgehead atoms. The molecule has 3 N–H and O–H groups in total. The molecular weight excluding hydrogens is 176 g/mol. The van der Waals surface area contributed by atoms with Crippen molar-refractivity contribution in [3.05, 3.63) is 11.6 Å². The Bertz CT molecular complexity index is 248. The van der Waals surface area contributed by atoms with Gasteiger partial charge in [0.2, 0.25) is 5.91 Å². The minimum absolute atomic E-state index is 0.0301. The molecule has 3 nitrogen and oxygen atoms in total. The Morgan fingerprint density at radius 3 is 2.57 bits per heavy atom. The molecule has 1 aliphatic carbocycles. The van der Waals surface area contributed by atoms with Gasteiger partial charge < -0.3 is 11.1 Å². The fourth-order valence-electron chi connectivity index (χ4n) is 1.41. The van der Waals surface area contributed by atoms with Crippen LogP contribution in [0.1, 0.15) is 33.6 Å². The summed E-state index contributed by atoms with van der Waals surface area (Å²) in [6, 6.07) is 0. The summed E-state index contributed by atoms with van der Waals surface area (Å²) in [5, 5.41) is 2.84. The maximum Gasteiger partial charge on any atom is 0.240 e. The summed E-state index contributed by atoms with van der Waals surface area (Å²) >= 11 is 0. The minimum Gasteiger partial charge on any atom is -0.351 e. The van der Waals surface area contributed by atoms with E-state index in [4.69, 9.17) is 5.73 Å². The van der Waals surface area contributed by atoms with Gasteiger partial charge in [0.1, 0.15) is 0 Å². The topological polar surface area (TPSA) is 55.1 Å². The molecule has 1 rings (SSSR count). The van der Waals surface area contributed by atoms with Crippen molar-refractivity contribution < 1.29 is 4.79 Å². The van der Waals surface area contributed by atoms with Crippen molar-refractivity contribution in [3.8, 4) is 0 Å². The van der Waals surface area contributed by atoms with E-state index >= 15 is 0 Å². The van der Waals surface area contributed by atoms with Gasteiger partial charge in [0.05, 0.1) is 5.54 Å². The Kier molecular flexibility index (Phi) is 3.32. The molecule has 1 fully saturated rings. The van der Waals surface area contributed by atoms with Crippen LogP contribution < -0.4 is 11.1 Å². The lowest BCUT2D eigenvalue weighted by Crippen LogP contribution is -2.53. The fraction of sp³-hybridized carbons (Fsp3) is 0.727. The molecule has 0 spiro atoms. The number of carbonyl (C=O) groups is 1. The second kappa shape index (κ2) is 4.13. The van der Waals surface area contributed by atoms with Crippen LogP contribution in [0.5, 0.6) is 0 Å². The van der Waals surface area contributed by atoms with Crippen molar-refractivity contribution in [1.29, 1.82) is 0 Å². The molecule has 1 amide bonds. The van der Waals surface area contributed by atoms with Crippen LogP contribution in [0, 0.1) is 5.92 Å². The Hall–Kier alpha value is -0.830. The maximum absolute atomic E-state index is 11.7. The SMILES string of the molecule is CC(C)=CCNC(=O)C(C)(N)C1CC1. The number of hydrogen-bond donors (Lipinski definition) is 2. The number of amides is 1. The molecule has 0 radical (unpaired) electrons. The normalized spacial score (nSPS) is 19.7. The number of rotatable bonds is 4. The molecule has 0 aromatic rings. The zero-order valence-electron chi connectivity index (χ0n) is 9.26. The fourth-order valence-corrected chi connectivity index (χ4v) is 1.41. The van der Waals surface area contributed by atoms with Crippen LogP contribution in [0.3, 0.4) is 0 Å². The van der Waals surface area contributed by atoms with E-state index in [1.807, 2.05) is 26.8 Å². The highest BCUT2D eigenvalue weighted by atomic mass is 16.2. The van der Waals surface area contributed by atoms with Gasteiger partial charge in [-0.3, -0.25) is 4.79 Å². The van der Waals surface area contributed by atoms with Crippen LogP contribution in [-0.4, -0.2) is 18.0 Å². The smallest absolute Gasteiger partial charge is 0.240 e. The van der Waals surface area contributed by atoms with Crippen molar-refractivity contribution in [2.24, 2.45) is 11.7 Å². The van der Waals surface area contributed by atoms with Crippen molar-refractivity contribution in [2.75, 3.05) is 6.54 Å². The Morgan fingerprint density at radius 2 is 2.14 bits per heavy atom. The molecule has 0 saturated heterocycles. The average Bonchev–Trinajstić information content (AvgIpc) is 2.85. The van der Waals surface area contributed by atoms with Gasteiger partial charge in [-0.15, -0.1) is 0 Å². The second-order valence-electron chi connectivity index (χ2n) is 4.55. The Balaban J connectivity index is 2.37. The van der Waals surface area contributed by atoms with E-state index in [9.17, 15) is 4.79 Å². The number of hydrogen-bond acceptors (Lipinski definition) is 2. The van der Waals surface area contributed by atoms with E-state index in [0.29, 0.717) is 12.5 Å². The molecule has 14 heavy (non-hydrogen) atoms. The van der Waals surface area contributed by atoms with Crippen LogP contribution in [-0.2, 0) is 4.79 Å². The predicted molar refractivity (Wildman–Crippen MR) is 57.8 cm³/mol. The summed E-state index contributed by atoms with van der Waals surface area (Å²) in [7, 11) is 0. The number of allylic oxidation sites excluding steroid dienone is 1. The van der Waals surface area contributed by atoms with E-state index in [-0.39, 0.29) is 5.91 Å². The van der Waals surface area contributed by atoms with Crippen LogP contribution >= 0.6 is 0 Å². The van der Waals surface area contributed by atoms with E-state index in [0.717, 1.165) is 12.8 Å². The standard InChI is InChI=1S/C11H20N2O/c1-8(2)6-7-13-10(14)11(3,12)9-4-5-9/h6,9H,4-5,7,12H2,1-3H3,(H,13,14). The lowest BCUT2D eigenvalue weighted by Gasteiger charge is -2.22. The molecule has 0 aromatic heterocycles. The average molecular weight is 196 g/mol. The van der Waals surface area contributed by atoms with Crippen molar-refractivity contribution in [2.45, 2.75) is 39.2 Å². The number of carbonyl (C=O) groups excluding carboxylic acids is 1. The molecule has 0 aliphatic heterocycles. The maximum atomic E-state index is 11.7. The summed E-state index contributed by atoms with van der Waals surface area (Å²) in [6.07, 6.45) is 4.16. The highest BCUT2D eigenvalue weighted by molar-refractivity contribution is 5.86. The van der Waals surface area contributed by atoms with Crippen molar-refractivity contribution >= 4 is 5.91 Å². The summed E-state index contributed by atoms with van der Waals surface area (Å²) in [6.45, 7) is 6.42. The molecule has 1 atom stereocenters. The van der Waals surface area contributed by atoms with Gasteiger partial charge in [0.25, 0.3) is 0 Å². The first kappa shape index (κ1) is 11.2. The molecule has 0 heterocycles. The zero-order chi connectivity index (χ0) is 10.8. The first-order valence-electron chi connectivity index (χ1n) is 5.15. The summed E-state index contributed by atoms with van der Waals surface area (Å²) in [4.78, 5) is 11.7. The largest absolute Gasteiger partial charge is 0.351 e. The zero-order valence-corrected chi connectivity index (χ0v) is 9.26. The third-order valence-electron chi connectivity index (χ3n) is 2.69. The van der Waals surface area contributed by atoms with Crippen LogP contribution in [0.25, 0.3) is 0 Å². The van der Waals surface area contributed by atoms with Gasteiger partial charge in [0.15, 0.2) is 0 Å². The first-order valence-corrected chi connectivity index (χ1v) is 5.15. The molecular formula is C11H20N2O. The molecule has 80 valence electrons. The van der Waals surface area contributed by atoms with E-state index < -0.39 is 5.54 Å². The lowest BCUT2D eigenvalue weighted by atomic mass is 9.96. The van der Waals surface area contributed by atoms with Gasteiger partial charge in [-0.25, -0.2) is 0 Å². The second-order valence-corrected chi connectivity index (χ2v) is 4.55. The van der Waals surface area contributed by atoms with Gasteiger partial charge in [-0.2, -0.15) is 0 Å².